The summed E-state index contributed by atoms with van der Waals surface area (Å²) in [5.74, 6) is 0.596. The molecule has 0 fully saturated rings. The number of nitroso groups, excluding NO2 is 1. The molecule has 8 heteroatoms. The van der Waals surface area contributed by atoms with E-state index in [9.17, 15) is 4.91 Å². The van der Waals surface area contributed by atoms with E-state index < -0.39 is 0 Å². The van der Waals surface area contributed by atoms with Gasteiger partial charge in [0.1, 0.15) is 0 Å². The Morgan fingerprint density at radius 2 is 2.14 bits per heavy atom. The van der Waals surface area contributed by atoms with Crippen LogP contribution < -0.4 is 10.6 Å². The lowest BCUT2D eigenvalue weighted by atomic mass is 10.0. The van der Waals surface area contributed by atoms with Gasteiger partial charge in [0, 0.05) is 45.6 Å². The van der Waals surface area contributed by atoms with Crippen LogP contribution in [0.15, 0.2) is 69.4 Å². The second kappa shape index (κ2) is 8.31. The lowest BCUT2D eigenvalue weighted by molar-refractivity contribution is -0.493. The maximum absolute atomic E-state index is 12.5. The summed E-state index contributed by atoms with van der Waals surface area (Å²) in [6.45, 7) is 1.23. The van der Waals surface area contributed by atoms with Gasteiger partial charge in [0.05, 0.1) is 23.2 Å². The summed E-state index contributed by atoms with van der Waals surface area (Å²) in [5, 5.41) is 7.36. The molecule has 0 saturated carbocycles. The molecule has 4 rings (SSSR count). The summed E-state index contributed by atoms with van der Waals surface area (Å²) in [6, 6.07) is 2.07. The van der Waals surface area contributed by atoms with Crippen molar-refractivity contribution in [2.24, 2.45) is 4.99 Å². The van der Waals surface area contributed by atoms with Gasteiger partial charge in [0.2, 0.25) is 18.2 Å². The quantitative estimate of drug-likeness (QED) is 0.744. The standard InChI is InChI=1S/C21H24ClN6O/c1-27(2)6-5-14-7-18(12-23-10-14)25-21-24-11-16-13-28(29)20-4-3-17(22)8-15(20)9-19(16)26-21/h7-12H,3-6,13H2,1-2H3,(H2,24,25,26)/q+1. The van der Waals surface area contributed by atoms with E-state index in [2.05, 4.69) is 45.7 Å². The number of pyridine rings is 1. The zero-order valence-corrected chi connectivity index (χ0v) is 17.3. The molecule has 1 aliphatic carbocycles. The first-order valence-electron chi connectivity index (χ1n) is 9.63. The first-order valence-corrected chi connectivity index (χ1v) is 10.0. The lowest BCUT2D eigenvalue weighted by Gasteiger charge is -2.18. The highest BCUT2D eigenvalue weighted by molar-refractivity contribution is 6.29. The van der Waals surface area contributed by atoms with E-state index in [1.54, 1.807) is 12.4 Å². The Labute approximate surface area is 175 Å². The van der Waals surface area contributed by atoms with Gasteiger partial charge in [-0.3, -0.25) is 4.98 Å². The zero-order chi connectivity index (χ0) is 20.4. The average Bonchev–Trinajstić information content (AvgIpc) is 2.81. The van der Waals surface area contributed by atoms with Crippen molar-refractivity contribution in [2.75, 3.05) is 32.5 Å². The number of fused-ring (bicyclic) bond motifs is 1. The Bertz CT molecular complexity index is 1000. The van der Waals surface area contributed by atoms with Gasteiger partial charge < -0.3 is 15.5 Å². The highest BCUT2D eigenvalue weighted by Gasteiger charge is 2.31. The second-order valence-electron chi connectivity index (χ2n) is 7.61. The maximum atomic E-state index is 12.5. The Morgan fingerprint density at radius 1 is 1.28 bits per heavy atom. The van der Waals surface area contributed by atoms with Crippen molar-refractivity contribution in [3.05, 3.63) is 74.9 Å². The number of guanidine groups is 1. The molecule has 0 spiro atoms. The van der Waals surface area contributed by atoms with Crippen LogP contribution >= 0.6 is 11.6 Å². The number of nitrogens with one attached hydrogen (secondary N) is 2. The third-order valence-corrected chi connectivity index (χ3v) is 5.31. The van der Waals surface area contributed by atoms with Crippen LogP contribution in [0.2, 0.25) is 0 Å². The molecule has 7 nitrogen and oxygen atoms in total. The van der Waals surface area contributed by atoms with Crippen LogP contribution in [0.1, 0.15) is 18.4 Å². The predicted molar refractivity (Wildman–Crippen MR) is 116 cm³/mol. The maximum Gasteiger partial charge on any atom is 0.240 e. The molecular weight excluding hydrogens is 388 g/mol. The summed E-state index contributed by atoms with van der Waals surface area (Å²) in [5.41, 5.74) is 5.35. The number of rotatable bonds is 4. The number of hydrogen-bond acceptors (Lipinski definition) is 6. The molecule has 29 heavy (non-hydrogen) atoms. The van der Waals surface area contributed by atoms with E-state index in [-0.39, 0.29) is 6.54 Å². The molecule has 0 bridgehead atoms. The van der Waals surface area contributed by atoms with Crippen LogP contribution in [0.25, 0.3) is 0 Å². The molecule has 2 N–H and O–H groups in total. The van der Waals surface area contributed by atoms with Gasteiger partial charge in [-0.2, -0.15) is 0 Å². The smallest absolute Gasteiger partial charge is 0.240 e. The van der Waals surface area contributed by atoms with Crippen LogP contribution in [-0.2, 0) is 6.42 Å². The third kappa shape index (κ3) is 4.63. The topological polar surface area (TPSA) is 72.6 Å². The predicted octanol–water partition coefficient (Wildman–Crippen LogP) is 3.29. The number of halogens is 1. The van der Waals surface area contributed by atoms with E-state index in [1.807, 2.05) is 18.3 Å². The molecule has 0 saturated heterocycles. The fourth-order valence-corrected chi connectivity index (χ4v) is 3.67. The fourth-order valence-electron chi connectivity index (χ4n) is 3.46. The van der Waals surface area contributed by atoms with E-state index in [1.165, 1.54) is 0 Å². The van der Waals surface area contributed by atoms with E-state index in [4.69, 9.17) is 11.6 Å². The third-order valence-electron chi connectivity index (χ3n) is 5.01. The van der Waals surface area contributed by atoms with Crippen LogP contribution in [0.5, 0.6) is 0 Å². The molecule has 0 amide bonds. The summed E-state index contributed by atoms with van der Waals surface area (Å²) in [7, 11) is 4.11. The van der Waals surface area contributed by atoms with Gasteiger partial charge >= 0.3 is 0 Å². The first kappa shape index (κ1) is 19.5. The molecule has 1 aromatic rings. The minimum atomic E-state index is 0.265. The molecule has 3 aliphatic rings. The number of aromatic nitrogens is 1. The highest BCUT2D eigenvalue weighted by atomic mass is 35.5. The highest BCUT2D eigenvalue weighted by Crippen LogP contribution is 2.32. The van der Waals surface area contributed by atoms with Gasteiger partial charge in [0.25, 0.3) is 0 Å². The van der Waals surface area contributed by atoms with Crippen LogP contribution in [0.4, 0.5) is 5.69 Å². The van der Waals surface area contributed by atoms with Crippen molar-refractivity contribution in [1.29, 1.82) is 0 Å². The minimum Gasteiger partial charge on any atom is -0.325 e. The molecule has 2 aliphatic heterocycles. The second-order valence-corrected chi connectivity index (χ2v) is 8.09. The Hall–Kier alpha value is -2.77. The largest absolute Gasteiger partial charge is 0.325 e. The van der Waals surface area contributed by atoms with E-state index in [0.717, 1.165) is 56.5 Å². The Kier molecular flexibility index (Phi) is 5.60. The van der Waals surface area contributed by atoms with Crippen molar-refractivity contribution >= 4 is 23.2 Å². The van der Waals surface area contributed by atoms with E-state index >= 15 is 0 Å². The minimum absolute atomic E-state index is 0.265. The monoisotopic (exact) mass is 411 g/mol. The number of allylic oxidation sites excluding steroid dienone is 5. The summed E-state index contributed by atoms with van der Waals surface area (Å²) in [4.78, 5) is 23.5. The number of hydrogen-bond donors (Lipinski definition) is 2. The number of aliphatic imine (C=N–C) groups is 1. The number of anilines is 1. The van der Waals surface area contributed by atoms with Crippen molar-refractivity contribution in [1.82, 2.24) is 15.2 Å². The number of likely N-dealkylation sites (N-methyl/N-ethyl adjacent to an activating group) is 1. The molecule has 0 aromatic carbocycles. The molecule has 0 unspecified atom stereocenters. The molecular formula is C21H24ClN6O+. The van der Waals surface area contributed by atoms with Crippen molar-refractivity contribution < 1.29 is 4.76 Å². The molecule has 1 aromatic heterocycles. The van der Waals surface area contributed by atoms with Crippen LogP contribution in [-0.4, -0.2) is 47.8 Å². The van der Waals surface area contributed by atoms with Crippen LogP contribution in [0.3, 0.4) is 0 Å². The summed E-state index contributed by atoms with van der Waals surface area (Å²) in [6.07, 6.45) is 11.5. The van der Waals surface area contributed by atoms with Gasteiger partial charge in [-0.25, -0.2) is 4.99 Å². The van der Waals surface area contributed by atoms with E-state index in [0.29, 0.717) is 18.8 Å². The lowest BCUT2D eigenvalue weighted by Crippen LogP contribution is -2.33. The normalized spacial score (nSPS) is 18.7. The van der Waals surface area contributed by atoms with Gasteiger partial charge in [0.15, 0.2) is 0 Å². The van der Waals surface area contributed by atoms with Gasteiger partial charge in [-0.05, 0) is 50.7 Å². The molecule has 3 heterocycles. The molecule has 150 valence electrons. The zero-order valence-electron chi connectivity index (χ0n) is 16.6. The van der Waals surface area contributed by atoms with Crippen LogP contribution in [0, 0.1) is 4.91 Å². The Morgan fingerprint density at radius 3 is 2.97 bits per heavy atom. The van der Waals surface area contributed by atoms with Crippen molar-refractivity contribution in [2.45, 2.75) is 19.3 Å². The summed E-state index contributed by atoms with van der Waals surface area (Å²) < 4.78 is 1.04. The van der Waals surface area contributed by atoms with Crippen molar-refractivity contribution in [3.8, 4) is 0 Å². The first-order chi connectivity index (χ1) is 14.0. The SMILES string of the molecule is CN(C)CCc1cncc(NC2=NC=C3C[N+](=O)C4=C(C=C(Cl)CC4)C=C3N2)c1. The molecule has 0 radical (unpaired) electrons. The molecule has 0 atom stereocenters. The summed E-state index contributed by atoms with van der Waals surface area (Å²) >= 11 is 6.20. The van der Waals surface area contributed by atoms with Crippen molar-refractivity contribution in [3.63, 3.8) is 0 Å². The number of nitrogens with zero attached hydrogens (tertiary/aromatic N) is 4. The average molecular weight is 412 g/mol. The fraction of sp³-hybridized carbons (Fsp3) is 0.333. The van der Waals surface area contributed by atoms with Gasteiger partial charge in [-0.1, -0.05) is 11.6 Å². The Balaban J connectivity index is 1.53. The van der Waals surface area contributed by atoms with Gasteiger partial charge in [-0.15, -0.1) is 0 Å².